The molecule has 4 heteroatoms. The summed E-state index contributed by atoms with van der Waals surface area (Å²) in [7, 11) is 0. The molecule has 0 aliphatic rings. The van der Waals surface area contributed by atoms with Gasteiger partial charge in [-0.1, -0.05) is 30.3 Å². The smallest absolute Gasteiger partial charge is 0.221 e. The van der Waals surface area contributed by atoms with Crippen LogP contribution >= 0.6 is 11.3 Å². The summed E-state index contributed by atoms with van der Waals surface area (Å²) in [6.45, 7) is 5.47. The van der Waals surface area contributed by atoms with Crippen LogP contribution in [0.25, 0.3) is 10.4 Å². The fraction of sp³-hybridized carbons (Fsp3) is 0.353. The van der Waals surface area contributed by atoms with Crippen molar-refractivity contribution >= 4 is 17.2 Å². The van der Waals surface area contributed by atoms with Crippen LogP contribution in [0.2, 0.25) is 0 Å². The van der Waals surface area contributed by atoms with E-state index in [1.165, 1.54) is 15.3 Å². The molecule has 21 heavy (non-hydrogen) atoms. The molecule has 0 unspecified atom stereocenters. The predicted octanol–water partition coefficient (Wildman–Crippen LogP) is 3.42. The van der Waals surface area contributed by atoms with Crippen LogP contribution in [-0.2, 0) is 11.3 Å². The van der Waals surface area contributed by atoms with Crippen molar-refractivity contribution in [1.82, 2.24) is 10.6 Å². The van der Waals surface area contributed by atoms with E-state index in [0.717, 1.165) is 6.54 Å². The van der Waals surface area contributed by atoms with E-state index >= 15 is 0 Å². The van der Waals surface area contributed by atoms with Crippen molar-refractivity contribution in [2.75, 3.05) is 6.54 Å². The summed E-state index contributed by atoms with van der Waals surface area (Å²) in [5.41, 5.74) is 1.25. The molecule has 112 valence electrons. The maximum atomic E-state index is 11.5. The van der Waals surface area contributed by atoms with E-state index in [-0.39, 0.29) is 11.9 Å². The summed E-state index contributed by atoms with van der Waals surface area (Å²) in [4.78, 5) is 14.1. The Labute approximate surface area is 130 Å². The second-order valence-electron chi connectivity index (χ2n) is 5.28. The fourth-order valence-electron chi connectivity index (χ4n) is 2.04. The van der Waals surface area contributed by atoms with Crippen molar-refractivity contribution in [2.24, 2.45) is 0 Å². The number of hydrogen-bond acceptors (Lipinski definition) is 3. The Morgan fingerprint density at radius 2 is 1.90 bits per heavy atom. The number of carbonyl (C=O) groups excluding carboxylic acids is 1. The summed E-state index contributed by atoms with van der Waals surface area (Å²) in [6, 6.07) is 14.9. The van der Waals surface area contributed by atoms with Crippen molar-refractivity contribution in [1.29, 1.82) is 0 Å². The first-order valence-corrected chi connectivity index (χ1v) is 8.11. The SMILES string of the molecule is CC(C)NC(=O)CCNCc1ccc(-c2ccccc2)s1. The minimum atomic E-state index is 0.105. The molecule has 3 nitrogen and oxygen atoms in total. The highest BCUT2D eigenvalue weighted by atomic mass is 32.1. The quantitative estimate of drug-likeness (QED) is 0.770. The molecule has 0 radical (unpaired) electrons. The third-order valence-corrected chi connectivity index (χ3v) is 4.13. The van der Waals surface area contributed by atoms with E-state index in [2.05, 4.69) is 47.0 Å². The number of nitrogens with one attached hydrogen (secondary N) is 2. The van der Waals surface area contributed by atoms with Gasteiger partial charge in [0.25, 0.3) is 0 Å². The lowest BCUT2D eigenvalue weighted by molar-refractivity contribution is -0.121. The monoisotopic (exact) mass is 302 g/mol. The van der Waals surface area contributed by atoms with E-state index < -0.39 is 0 Å². The number of carbonyl (C=O) groups is 1. The van der Waals surface area contributed by atoms with E-state index in [4.69, 9.17) is 0 Å². The summed E-state index contributed by atoms with van der Waals surface area (Å²) in [6.07, 6.45) is 0.523. The van der Waals surface area contributed by atoms with Gasteiger partial charge in [-0.3, -0.25) is 4.79 Å². The Bertz CT molecular complexity index is 563. The van der Waals surface area contributed by atoms with Crippen LogP contribution in [0.5, 0.6) is 0 Å². The zero-order chi connectivity index (χ0) is 15.1. The zero-order valence-electron chi connectivity index (χ0n) is 12.6. The summed E-state index contributed by atoms with van der Waals surface area (Å²) in [5.74, 6) is 0.105. The molecule has 0 saturated heterocycles. The highest BCUT2D eigenvalue weighted by molar-refractivity contribution is 7.15. The normalized spacial score (nSPS) is 10.8. The summed E-state index contributed by atoms with van der Waals surface area (Å²) >= 11 is 1.79. The molecule has 2 aromatic rings. The number of thiophene rings is 1. The molecule has 0 saturated carbocycles. The standard InChI is InChI=1S/C17H22N2OS/c1-13(2)19-17(20)10-11-18-12-15-8-9-16(21-15)14-6-4-3-5-7-14/h3-9,13,18H,10-12H2,1-2H3,(H,19,20). The van der Waals surface area contributed by atoms with Gasteiger partial charge in [-0.2, -0.15) is 0 Å². The van der Waals surface area contributed by atoms with Crippen molar-refractivity contribution in [3.05, 3.63) is 47.3 Å². The number of amides is 1. The van der Waals surface area contributed by atoms with Gasteiger partial charge in [0.05, 0.1) is 0 Å². The molecule has 1 aromatic carbocycles. The summed E-state index contributed by atoms with van der Waals surface area (Å²) < 4.78 is 0. The van der Waals surface area contributed by atoms with E-state index in [9.17, 15) is 4.79 Å². The van der Waals surface area contributed by atoms with Crippen LogP contribution in [0.3, 0.4) is 0 Å². The molecule has 1 heterocycles. The maximum absolute atomic E-state index is 11.5. The molecule has 0 fully saturated rings. The fourth-order valence-corrected chi connectivity index (χ4v) is 3.02. The Kier molecular flexibility index (Phi) is 5.96. The lowest BCUT2D eigenvalue weighted by Gasteiger charge is -2.08. The second kappa shape index (κ2) is 7.96. The third kappa shape index (κ3) is 5.33. The van der Waals surface area contributed by atoms with Gasteiger partial charge in [0.15, 0.2) is 0 Å². The molecule has 0 spiro atoms. The van der Waals surface area contributed by atoms with Gasteiger partial charge in [-0.05, 0) is 31.5 Å². The van der Waals surface area contributed by atoms with Gasteiger partial charge >= 0.3 is 0 Å². The minimum Gasteiger partial charge on any atom is -0.354 e. The Morgan fingerprint density at radius 3 is 2.62 bits per heavy atom. The van der Waals surface area contributed by atoms with E-state index in [0.29, 0.717) is 13.0 Å². The van der Waals surface area contributed by atoms with Crippen molar-refractivity contribution in [3.63, 3.8) is 0 Å². The first-order chi connectivity index (χ1) is 10.1. The van der Waals surface area contributed by atoms with Gasteiger partial charge in [0, 0.05) is 35.3 Å². The van der Waals surface area contributed by atoms with Crippen molar-refractivity contribution in [2.45, 2.75) is 32.9 Å². The molecule has 0 aliphatic carbocycles. The second-order valence-corrected chi connectivity index (χ2v) is 6.45. The van der Waals surface area contributed by atoms with Gasteiger partial charge in [-0.15, -0.1) is 11.3 Å². The average Bonchev–Trinajstić information content (AvgIpc) is 2.93. The van der Waals surface area contributed by atoms with E-state index in [1.54, 1.807) is 11.3 Å². The molecule has 1 aromatic heterocycles. The maximum Gasteiger partial charge on any atom is 0.221 e. The first kappa shape index (κ1) is 15.7. The molecular formula is C17H22N2OS. The van der Waals surface area contributed by atoms with Gasteiger partial charge < -0.3 is 10.6 Å². The highest BCUT2D eigenvalue weighted by Crippen LogP contribution is 2.27. The molecule has 0 bridgehead atoms. The summed E-state index contributed by atoms with van der Waals surface area (Å²) in [5, 5.41) is 6.21. The van der Waals surface area contributed by atoms with Crippen molar-refractivity contribution in [3.8, 4) is 10.4 Å². The molecule has 0 aliphatic heterocycles. The minimum absolute atomic E-state index is 0.105. The lowest BCUT2D eigenvalue weighted by Crippen LogP contribution is -2.32. The van der Waals surface area contributed by atoms with Gasteiger partial charge in [-0.25, -0.2) is 0 Å². The Morgan fingerprint density at radius 1 is 1.14 bits per heavy atom. The molecule has 0 atom stereocenters. The topological polar surface area (TPSA) is 41.1 Å². The van der Waals surface area contributed by atoms with Crippen LogP contribution in [-0.4, -0.2) is 18.5 Å². The highest BCUT2D eigenvalue weighted by Gasteiger charge is 2.04. The van der Waals surface area contributed by atoms with Crippen LogP contribution < -0.4 is 10.6 Å². The number of rotatable bonds is 7. The van der Waals surface area contributed by atoms with Crippen LogP contribution in [0, 0.1) is 0 Å². The molecule has 2 rings (SSSR count). The first-order valence-electron chi connectivity index (χ1n) is 7.29. The molecule has 1 amide bonds. The Balaban J connectivity index is 1.75. The number of hydrogen-bond donors (Lipinski definition) is 2. The van der Waals surface area contributed by atoms with Crippen LogP contribution in [0.4, 0.5) is 0 Å². The molecule has 2 N–H and O–H groups in total. The van der Waals surface area contributed by atoms with Gasteiger partial charge in [0.1, 0.15) is 0 Å². The van der Waals surface area contributed by atoms with Crippen LogP contribution in [0.15, 0.2) is 42.5 Å². The predicted molar refractivity (Wildman–Crippen MR) is 89.4 cm³/mol. The average molecular weight is 302 g/mol. The Hall–Kier alpha value is -1.65. The van der Waals surface area contributed by atoms with E-state index in [1.807, 2.05) is 19.9 Å². The van der Waals surface area contributed by atoms with Gasteiger partial charge in [0.2, 0.25) is 5.91 Å². The van der Waals surface area contributed by atoms with Crippen molar-refractivity contribution < 1.29 is 4.79 Å². The zero-order valence-corrected chi connectivity index (χ0v) is 13.4. The lowest BCUT2D eigenvalue weighted by atomic mass is 10.2. The largest absolute Gasteiger partial charge is 0.354 e. The third-order valence-electron chi connectivity index (χ3n) is 3.00. The number of benzene rings is 1. The van der Waals surface area contributed by atoms with Crippen LogP contribution in [0.1, 0.15) is 25.1 Å². The molecular weight excluding hydrogens is 280 g/mol.